The van der Waals surface area contributed by atoms with E-state index in [2.05, 4.69) is 0 Å². The van der Waals surface area contributed by atoms with Crippen molar-refractivity contribution in [1.29, 1.82) is 0 Å². The molecule has 88 valence electrons. The van der Waals surface area contributed by atoms with Crippen LogP contribution in [0.2, 0.25) is 0 Å². The minimum Gasteiger partial charge on any atom is -0.545 e. The second kappa shape index (κ2) is 8.71. The smallest absolute Gasteiger partial charge is 0.545 e. The van der Waals surface area contributed by atoms with Crippen LogP contribution in [0.1, 0.15) is 20.7 Å². The number of rotatable bonds is 2. The van der Waals surface area contributed by atoms with E-state index in [0.717, 1.165) is 0 Å². The van der Waals surface area contributed by atoms with E-state index in [1.807, 2.05) is 0 Å². The van der Waals surface area contributed by atoms with Crippen LogP contribution < -0.4 is 69.3 Å². The van der Waals surface area contributed by atoms with Gasteiger partial charge in [0.05, 0.1) is 11.9 Å². The Morgan fingerprint density at radius 2 is 1.05 bits per heavy atom. The molecule has 2 rings (SSSR count). The van der Waals surface area contributed by atoms with E-state index >= 15 is 0 Å². The minimum absolute atomic E-state index is 0. The Hall–Kier alpha value is -0.400. The summed E-state index contributed by atoms with van der Waals surface area (Å²) < 4.78 is 0. The van der Waals surface area contributed by atoms with Gasteiger partial charge >= 0.3 is 59.1 Å². The number of aromatic carboxylic acids is 2. The van der Waals surface area contributed by atoms with Crippen molar-refractivity contribution >= 4 is 22.7 Å². The molecule has 0 spiro atoms. The molecule has 0 atom stereocenters. The molecule has 0 aromatic heterocycles. The Morgan fingerprint density at radius 1 is 0.737 bits per heavy atom. The first kappa shape index (κ1) is 20.9. The summed E-state index contributed by atoms with van der Waals surface area (Å²) >= 11 is 0. The van der Waals surface area contributed by atoms with Gasteiger partial charge in [-0.05, 0) is 34.0 Å². The molecule has 0 bridgehead atoms. The maximum absolute atomic E-state index is 10.6. The quantitative estimate of drug-likeness (QED) is 0.508. The number of fused-ring (bicyclic) bond motifs is 1. The van der Waals surface area contributed by atoms with Gasteiger partial charge in [-0.3, -0.25) is 0 Å². The number of carbonyl (C=O) groups excluding carboxylic acids is 2. The molecule has 2 aromatic carbocycles. The van der Waals surface area contributed by atoms with Gasteiger partial charge in [-0.15, -0.1) is 0 Å². The van der Waals surface area contributed by atoms with Gasteiger partial charge in [0.25, 0.3) is 0 Å². The normalized spacial score (nSPS) is 8.63. The van der Waals surface area contributed by atoms with Gasteiger partial charge in [-0.25, -0.2) is 0 Å². The van der Waals surface area contributed by atoms with Crippen molar-refractivity contribution in [3.63, 3.8) is 0 Å². The van der Waals surface area contributed by atoms with E-state index in [9.17, 15) is 19.8 Å². The van der Waals surface area contributed by atoms with Crippen LogP contribution in [0.4, 0.5) is 0 Å². The van der Waals surface area contributed by atoms with Crippen LogP contribution in [0, 0.1) is 0 Å². The SMILES string of the molecule is O.O=C([O-])c1ccc2cc(C(=O)[O-])ccc2c1.[Na+].[Na+]. The van der Waals surface area contributed by atoms with Crippen molar-refractivity contribution in [2.24, 2.45) is 0 Å². The van der Waals surface area contributed by atoms with Gasteiger partial charge < -0.3 is 25.3 Å². The van der Waals surface area contributed by atoms with Gasteiger partial charge in [-0.1, -0.05) is 24.3 Å². The molecule has 7 heteroatoms. The van der Waals surface area contributed by atoms with Crippen LogP contribution in [0.25, 0.3) is 10.8 Å². The van der Waals surface area contributed by atoms with Gasteiger partial charge in [0, 0.05) is 0 Å². The van der Waals surface area contributed by atoms with Crippen LogP contribution in [-0.4, -0.2) is 17.4 Å². The van der Waals surface area contributed by atoms with Crippen molar-refractivity contribution in [2.45, 2.75) is 0 Å². The molecule has 0 aliphatic heterocycles. The third kappa shape index (κ3) is 4.89. The molecule has 19 heavy (non-hydrogen) atoms. The van der Waals surface area contributed by atoms with Gasteiger partial charge in [0.2, 0.25) is 0 Å². The summed E-state index contributed by atoms with van der Waals surface area (Å²) in [5.41, 5.74) is 0.127. The van der Waals surface area contributed by atoms with Crippen molar-refractivity contribution in [2.75, 3.05) is 0 Å². The topological polar surface area (TPSA) is 112 Å². The Balaban J connectivity index is 0. The molecule has 5 nitrogen and oxygen atoms in total. The first-order chi connectivity index (χ1) is 7.58. The van der Waals surface area contributed by atoms with Crippen molar-refractivity contribution < 1.29 is 84.4 Å². The molecular weight excluding hydrogens is 270 g/mol. The third-order valence-electron chi connectivity index (χ3n) is 2.31. The molecule has 0 fully saturated rings. The fourth-order valence-corrected chi connectivity index (χ4v) is 1.50. The predicted molar refractivity (Wildman–Crippen MR) is 56.2 cm³/mol. The minimum atomic E-state index is -1.26. The number of hydrogen-bond donors (Lipinski definition) is 0. The standard InChI is InChI=1S/C12H8O4.2Na.H2O/c13-11(14)9-3-1-7-5-10(12(15)16)4-2-8(7)6-9;;;/h1-6H,(H,13,14)(H,15,16);;;1H2/q;2*+1;/p-2. The maximum Gasteiger partial charge on any atom is 1.00 e. The summed E-state index contributed by atoms with van der Waals surface area (Å²) in [6.07, 6.45) is 0. The average Bonchev–Trinajstić information content (AvgIpc) is 2.27. The molecule has 2 aromatic rings. The molecule has 2 N–H and O–H groups in total. The molecular formula is C12H8Na2O5. The molecule has 0 aliphatic rings. The average molecular weight is 278 g/mol. The summed E-state index contributed by atoms with van der Waals surface area (Å²) in [6, 6.07) is 8.68. The fraction of sp³-hybridized carbons (Fsp3) is 0. The zero-order valence-electron chi connectivity index (χ0n) is 10.6. The zero-order chi connectivity index (χ0) is 11.7. The summed E-state index contributed by atoms with van der Waals surface area (Å²) in [4.78, 5) is 21.2. The summed E-state index contributed by atoms with van der Waals surface area (Å²) in [7, 11) is 0. The van der Waals surface area contributed by atoms with Crippen LogP contribution >= 0.6 is 0 Å². The number of carboxylic acids is 2. The van der Waals surface area contributed by atoms with E-state index in [1.54, 1.807) is 0 Å². The Morgan fingerprint density at radius 3 is 1.32 bits per heavy atom. The summed E-state index contributed by atoms with van der Waals surface area (Å²) in [5.74, 6) is -2.52. The number of carboxylic acid groups (broad SMARTS) is 2. The molecule has 0 saturated heterocycles. The fourth-order valence-electron chi connectivity index (χ4n) is 1.50. The van der Waals surface area contributed by atoms with Crippen molar-refractivity contribution in [3.8, 4) is 0 Å². The third-order valence-corrected chi connectivity index (χ3v) is 2.31. The van der Waals surface area contributed by atoms with Crippen LogP contribution in [0.15, 0.2) is 36.4 Å². The summed E-state index contributed by atoms with van der Waals surface area (Å²) in [5, 5.41) is 22.5. The van der Waals surface area contributed by atoms with Crippen LogP contribution in [-0.2, 0) is 0 Å². The largest absolute Gasteiger partial charge is 1.00 e. The monoisotopic (exact) mass is 278 g/mol. The number of benzene rings is 2. The molecule has 0 heterocycles. The number of carbonyl (C=O) groups is 2. The molecule has 0 aliphatic carbocycles. The van der Waals surface area contributed by atoms with Gasteiger partial charge in [0.1, 0.15) is 0 Å². The Labute approximate surface area is 153 Å². The Bertz CT molecular complexity index is 544. The second-order valence-corrected chi connectivity index (χ2v) is 3.35. The number of hydrogen-bond acceptors (Lipinski definition) is 4. The maximum atomic E-state index is 10.6. The van der Waals surface area contributed by atoms with E-state index < -0.39 is 11.9 Å². The van der Waals surface area contributed by atoms with E-state index in [0.29, 0.717) is 10.8 Å². The van der Waals surface area contributed by atoms with Crippen LogP contribution in [0.3, 0.4) is 0 Å². The zero-order valence-corrected chi connectivity index (χ0v) is 14.6. The van der Waals surface area contributed by atoms with E-state index in [4.69, 9.17) is 0 Å². The first-order valence-electron chi connectivity index (χ1n) is 4.54. The molecule has 0 amide bonds. The van der Waals surface area contributed by atoms with Crippen molar-refractivity contribution in [3.05, 3.63) is 47.5 Å². The van der Waals surface area contributed by atoms with E-state index in [1.165, 1.54) is 36.4 Å². The molecule has 0 saturated carbocycles. The van der Waals surface area contributed by atoms with Gasteiger partial charge in [0.15, 0.2) is 0 Å². The van der Waals surface area contributed by atoms with Crippen molar-refractivity contribution in [1.82, 2.24) is 0 Å². The second-order valence-electron chi connectivity index (χ2n) is 3.35. The van der Waals surface area contributed by atoms with E-state index in [-0.39, 0.29) is 75.7 Å². The van der Waals surface area contributed by atoms with Gasteiger partial charge in [-0.2, -0.15) is 0 Å². The van der Waals surface area contributed by atoms with Crippen LogP contribution in [0.5, 0.6) is 0 Å². The summed E-state index contributed by atoms with van der Waals surface area (Å²) in [6.45, 7) is 0. The first-order valence-corrected chi connectivity index (χ1v) is 4.54. The Kier molecular flexibility index (Phi) is 9.58. The molecule has 0 unspecified atom stereocenters. The predicted octanol–water partition coefficient (Wildman–Crippen LogP) is -7.25. The molecule has 0 radical (unpaired) electrons.